The lowest BCUT2D eigenvalue weighted by atomic mass is 11.3. The molecule has 0 radical (unpaired) electrons. The van der Waals surface area contributed by atoms with Gasteiger partial charge in [0.15, 0.2) is 0 Å². The van der Waals surface area contributed by atoms with Gasteiger partial charge in [0.05, 0.1) is 0 Å². The summed E-state index contributed by atoms with van der Waals surface area (Å²) in [5, 5.41) is 8.25. The van der Waals surface area contributed by atoms with E-state index >= 15 is 0 Å². The van der Waals surface area contributed by atoms with Crippen molar-refractivity contribution in [2.75, 3.05) is 42.3 Å². The predicted octanol–water partition coefficient (Wildman–Crippen LogP) is -0.435. The molecule has 0 saturated carbocycles. The summed E-state index contributed by atoms with van der Waals surface area (Å²) in [5.74, 6) is 0. The molecular weight excluding hydrogens is 145 g/mol. The van der Waals surface area contributed by atoms with Gasteiger partial charge in [-0.3, -0.25) is 0 Å². The zero-order chi connectivity index (χ0) is 8.12. The van der Waals surface area contributed by atoms with Crippen molar-refractivity contribution in [1.82, 2.24) is 16.0 Å². The predicted molar refractivity (Wildman–Crippen MR) is 56.1 cm³/mol. The molecule has 10 heavy (non-hydrogen) atoms. The van der Waals surface area contributed by atoms with Crippen molar-refractivity contribution in [3.05, 3.63) is 0 Å². The van der Waals surface area contributed by atoms with Gasteiger partial charge in [-0.05, 0) is 42.3 Å². The second-order valence-electron chi connectivity index (χ2n) is 1.50. The Morgan fingerprint density at radius 3 is 0.500 bits per heavy atom. The first-order valence-corrected chi connectivity index (χ1v) is 3.00. The molecule has 0 aliphatic heterocycles. The third-order valence-electron chi connectivity index (χ3n) is 0. The van der Waals surface area contributed by atoms with Crippen molar-refractivity contribution in [1.29, 1.82) is 0 Å². The molecule has 1 unspecified atom stereocenters. The van der Waals surface area contributed by atoms with Gasteiger partial charge in [-0.25, -0.2) is 0 Å². The van der Waals surface area contributed by atoms with Gasteiger partial charge < -0.3 is 16.0 Å². The molecule has 0 aromatic heterocycles. The highest BCUT2D eigenvalue weighted by Gasteiger charge is 1.26. The lowest BCUT2D eigenvalue weighted by Crippen LogP contribution is -1.89. The molecule has 4 heteroatoms. The minimum Gasteiger partial charge on any atom is -0.323 e. The molecule has 3 nitrogen and oxygen atoms in total. The van der Waals surface area contributed by atoms with Crippen LogP contribution in [-0.4, -0.2) is 42.3 Å². The third kappa shape index (κ3) is 4620. The summed E-state index contributed by atoms with van der Waals surface area (Å²) < 4.78 is 0. The van der Waals surface area contributed by atoms with Crippen LogP contribution in [0.5, 0.6) is 0 Å². The monoisotopic (exact) mass is 169 g/mol. The summed E-state index contributed by atoms with van der Waals surface area (Å²) in [7, 11) is 11.2. The molecule has 0 aromatic rings. The van der Waals surface area contributed by atoms with Crippen LogP contribution < -0.4 is 16.0 Å². The maximum absolute atomic E-state index is 2.75. The fraction of sp³-hybridized carbons (Fsp3) is 1.00. The Balaban J connectivity index is -0.0000000257. The van der Waals surface area contributed by atoms with Gasteiger partial charge >= 0.3 is 0 Å². The summed E-state index contributed by atoms with van der Waals surface area (Å²) in [6.07, 6.45) is 0. The third-order valence-corrected chi connectivity index (χ3v) is 0. The van der Waals surface area contributed by atoms with Gasteiger partial charge in [-0.15, -0.1) is 0 Å². The first-order valence-electron chi connectivity index (χ1n) is 3.00. The molecule has 68 valence electrons. The fourth-order valence-electron chi connectivity index (χ4n) is 0. The van der Waals surface area contributed by atoms with Crippen LogP contribution in [0.1, 0.15) is 0 Å². The summed E-state index contributed by atoms with van der Waals surface area (Å²) in [4.78, 5) is 0. The molecule has 0 rings (SSSR count). The van der Waals surface area contributed by atoms with E-state index in [1.165, 1.54) is 0 Å². The van der Waals surface area contributed by atoms with E-state index in [2.05, 4.69) is 16.0 Å². The van der Waals surface area contributed by atoms with Gasteiger partial charge in [0, 0.05) is 0 Å². The van der Waals surface area contributed by atoms with Crippen LogP contribution in [0, 0.1) is 0 Å². The van der Waals surface area contributed by atoms with Gasteiger partial charge in [-0.2, -0.15) is 9.90 Å². The normalized spacial score (nSPS) is 5.40. The van der Waals surface area contributed by atoms with Crippen molar-refractivity contribution in [3.63, 3.8) is 0 Å². The topological polar surface area (TPSA) is 36.1 Å². The van der Waals surface area contributed by atoms with Crippen LogP contribution in [0.4, 0.5) is 0 Å². The lowest BCUT2D eigenvalue weighted by Gasteiger charge is -1.59. The fourth-order valence-corrected chi connectivity index (χ4v) is 0. The van der Waals surface area contributed by atoms with Gasteiger partial charge in [0.25, 0.3) is 0 Å². The van der Waals surface area contributed by atoms with Crippen molar-refractivity contribution >= 4 is 9.90 Å². The van der Waals surface area contributed by atoms with Crippen molar-refractivity contribution < 1.29 is 0 Å². The summed E-state index contributed by atoms with van der Waals surface area (Å²) in [6.45, 7) is 0. The van der Waals surface area contributed by atoms with Crippen LogP contribution in [-0.2, 0) is 0 Å². The Kier molecular flexibility index (Phi) is 132. The Hall–Kier alpha value is 0.310. The first-order chi connectivity index (χ1) is 4.24. The molecule has 0 aliphatic carbocycles. The zero-order valence-electron chi connectivity index (χ0n) is 8.21. The number of hydrogen-bond donors (Lipinski definition) is 3. The van der Waals surface area contributed by atoms with Crippen LogP contribution in [0.2, 0.25) is 0 Å². The molecule has 0 amide bonds. The van der Waals surface area contributed by atoms with E-state index in [1.54, 1.807) is 0 Å². The Bertz CT molecular complexity index is 17.7. The smallest absolute Gasteiger partial charge is 0.0167 e. The van der Waals surface area contributed by atoms with Crippen molar-refractivity contribution in [2.24, 2.45) is 0 Å². The van der Waals surface area contributed by atoms with E-state index in [-0.39, 0.29) is 9.90 Å². The largest absolute Gasteiger partial charge is 0.323 e. The Labute approximate surface area is 69.0 Å². The Morgan fingerprint density at radius 2 is 0.500 bits per heavy atom. The van der Waals surface area contributed by atoms with Crippen molar-refractivity contribution in [2.45, 2.75) is 0 Å². The van der Waals surface area contributed by atoms with E-state index in [0.29, 0.717) is 0 Å². The molecule has 1 atom stereocenters. The summed E-state index contributed by atoms with van der Waals surface area (Å²) in [6, 6.07) is 0. The van der Waals surface area contributed by atoms with Crippen molar-refractivity contribution in [3.8, 4) is 0 Å². The van der Waals surface area contributed by atoms with Crippen LogP contribution in [0.3, 0.4) is 0 Å². The molecule has 0 bridgehead atoms. The van der Waals surface area contributed by atoms with E-state index in [4.69, 9.17) is 0 Å². The minimum atomic E-state index is 0. The highest BCUT2D eigenvalue weighted by Crippen LogP contribution is 0.987. The van der Waals surface area contributed by atoms with E-state index in [1.807, 2.05) is 42.3 Å². The standard InChI is InChI=1S/3C2H7N.H3P/c3*1-3-2;/h3*3H,1-2H3;1H3. The SMILES string of the molecule is CNC.CNC.CNC.P. The van der Waals surface area contributed by atoms with Gasteiger partial charge in [0.1, 0.15) is 0 Å². The second kappa shape index (κ2) is 58.7. The van der Waals surface area contributed by atoms with E-state index < -0.39 is 0 Å². The summed E-state index contributed by atoms with van der Waals surface area (Å²) >= 11 is 0. The minimum absolute atomic E-state index is 0. The molecule has 0 aromatic carbocycles. The molecule has 0 saturated heterocycles. The average molecular weight is 169 g/mol. The molecular formula is C6H24N3P. The maximum Gasteiger partial charge on any atom is -0.0167 e. The molecule has 0 spiro atoms. The van der Waals surface area contributed by atoms with E-state index in [9.17, 15) is 0 Å². The molecule has 0 fully saturated rings. The highest BCUT2D eigenvalue weighted by atomic mass is 31.0. The molecule has 0 aliphatic rings. The van der Waals surface area contributed by atoms with E-state index in [0.717, 1.165) is 0 Å². The summed E-state index contributed by atoms with van der Waals surface area (Å²) in [5.41, 5.74) is 0. The zero-order valence-corrected chi connectivity index (χ0v) is 9.62. The first kappa shape index (κ1) is 22.4. The quantitative estimate of drug-likeness (QED) is 0.430. The second-order valence-corrected chi connectivity index (χ2v) is 1.50. The molecule has 3 N–H and O–H groups in total. The number of nitrogens with one attached hydrogen (secondary N) is 3. The Morgan fingerprint density at radius 1 is 0.500 bits per heavy atom. The molecule has 0 heterocycles. The highest BCUT2D eigenvalue weighted by molar-refractivity contribution is 6.92. The van der Waals surface area contributed by atoms with Gasteiger partial charge in [0.2, 0.25) is 0 Å². The maximum atomic E-state index is 2.75. The lowest BCUT2D eigenvalue weighted by molar-refractivity contribution is 1.02. The van der Waals surface area contributed by atoms with Crippen LogP contribution in [0.15, 0.2) is 0 Å². The van der Waals surface area contributed by atoms with Gasteiger partial charge in [-0.1, -0.05) is 0 Å². The number of hydrogen-bond acceptors (Lipinski definition) is 3. The average Bonchev–Trinajstić information content (AvgIpc) is 1.70. The number of rotatable bonds is 0. The van der Waals surface area contributed by atoms with Crippen LogP contribution in [0.25, 0.3) is 0 Å². The van der Waals surface area contributed by atoms with Crippen LogP contribution >= 0.6 is 9.90 Å².